The molecule has 0 saturated carbocycles. The van der Waals surface area contributed by atoms with E-state index in [0.717, 1.165) is 5.01 Å². The number of thiazole rings is 1. The van der Waals surface area contributed by atoms with Gasteiger partial charge >= 0.3 is 5.97 Å². The second kappa shape index (κ2) is 5.48. The first kappa shape index (κ1) is 14.6. The first-order chi connectivity index (χ1) is 8.20. The predicted molar refractivity (Wildman–Crippen MR) is 69.6 cm³/mol. The molecule has 0 bridgehead atoms. The number of aliphatic carboxylic acids is 1. The van der Waals surface area contributed by atoms with E-state index < -0.39 is 12.0 Å². The highest BCUT2D eigenvalue weighted by molar-refractivity contribution is 7.09. The summed E-state index contributed by atoms with van der Waals surface area (Å²) >= 11 is 1.48. The average molecular weight is 270 g/mol. The van der Waals surface area contributed by atoms with E-state index in [2.05, 4.69) is 10.3 Å². The zero-order valence-corrected chi connectivity index (χ0v) is 11.8. The van der Waals surface area contributed by atoms with E-state index in [0.29, 0.717) is 5.69 Å². The largest absolute Gasteiger partial charge is 0.481 e. The molecule has 0 saturated heterocycles. The second-order valence-electron chi connectivity index (χ2n) is 5.18. The Morgan fingerprint density at radius 3 is 2.50 bits per heavy atom. The highest BCUT2D eigenvalue weighted by Gasteiger charge is 2.23. The second-order valence-corrected chi connectivity index (χ2v) is 6.04. The van der Waals surface area contributed by atoms with Crippen LogP contribution in [0.5, 0.6) is 0 Å². The standard InChI is InChI=1S/C12H18N2O3S/c1-7(15)13-8(5-10(16)17)9-6-18-11(14-9)12(2,3)4/h6,8H,5H2,1-4H3,(H,13,15)(H,16,17)/t8-/m1/s1. The molecule has 1 aromatic heterocycles. The third kappa shape index (κ3) is 4.10. The van der Waals surface area contributed by atoms with Crippen LogP contribution in [0.15, 0.2) is 5.38 Å². The molecule has 100 valence electrons. The van der Waals surface area contributed by atoms with Crippen LogP contribution in [-0.4, -0.2) is 22.0 Å². The Bertz CT molecular complexity index is 432. The topological polar surface area (TPSA) is 79.3 Å². The summed E-state index contributed by atoms with van der Waals surface area (Å²) in [5.41, 5.74) is 0.537. The van der Waals surface area contributed by atoms with Gasteiger partial charge in [-0.1, -0.05) is 20.8 Å². The summed E-state index contributed by atoms with van der Waals surface area (Å²) in [6.07, 6.45) is -0.160. The molecule has 2 N–H and O–H groups in total. The predicted octanol–water partition coefficient (Wildman–Crippen LogP) is 2.09. The van der Waals surface area contributed by atoms with Gasteiger partial charge in [0.1, 0.15) is 0 Å². The monoisotopic (exact) mass is 270 g/mol. The molecular formula is C12H18N2O3S. The third-order valence-corrected chi connectivity index (χ3v) is 3.56. The fourth-order valence-electron chi connectivity index (χ4n) is 1.44. The summed E-state index contributed by atoms with van der Waals surface area (Å²) in [6, 6.07) is -0.563. The molecule has 0 aliphatic heterocycles. The molecule has 1 aromatic rings. The molecule has 0 aromatic carbocycles. The number of hydrogen-bond donors (Lipinski definition) is 2. The van der Waals surface area contributed by atoms with Crippen LogP contribution >= 0.6 is 11.3 Å². The lowest BCUT2D eigenvalue weighted by molar-refractivity contribution is -0.137. The van der Waals surface area contributed by atoms with E-state index in [1.165, 1.54) is 18.3 Å². The van der Waals surface area contributed by atoms with Gasteiger partial charge < -0.3 is 10.4 Å². The Kier molecular flexibility index (Phi) is 4.45. The molecule has 0 fully saturated rings. The van der Waals surface area contributed by atoms with E-state index in [4.69, 9.17) is 5.11 Å². The van der Waals surface area contributed by atoms with Crippen LogP contribution in [-0.2, 0) is 15.0 Å². The van der Waals surface area contributed by atoms with Gasteiger partial charge in [0.2, 0.25) is 5.91 Å². The van der Waals surface area contributed by atoms with Crippen molar-refractivity contribution in [3.8, 4) is 0 Å². The number of hydrogen-bond acceptors (Lipinski definition) is 4. The Labute approximate surface area is 110 Å². The minimum Gasteiger partial charge on any atom is -0.481 e. The normalized spacial score (nSPS) is 13.1. The third-order valence-electron chi connectivity index (χ3n) is 2.28. The molecule has 1 atom stereocenters. The molecule has 0 unspecified atom stereocenters. The molecule has 1 heterocycles. The number of nitrogens with one attached hydrogen (secondary N) is 1. The zero-order valence-electron chi connectivity index (χ0n) is 11.0. The maximum Gasteiger partial charge on any atom is 0.305 e. The summed E-state index contributed by atoms with van der Waals surface area (Å²) in [5, 5.41) is 14.2. The van der Waals surface area contributed by atoms with Crippen molar-refractivity contribution in [2.75, 3.05) is 0 Å². The fourth-order valence-corrected chi connectivity index (χ4v) is 2.40. The fraction of sp³-hybridized carbons (Fsp3) is 0.583. The van der Waals surface area contributed by atoms with E-state index in [9.17, 15) is 9.59 Å². The maximum atomic E-state index is 11.1. The lowest BCUT2D eigenvalue weighted by Gasteiger charge is -2.15. The van der Waals surface area contributed by atoms with Gasteiger partial charge in [-0.3, -0.25) is 9.59 Å². The van der Waals surface area contributed by atoms with Gasteiger partial charge in [-0.05, 0) is 0 Å². The molecule has 0 aliphatic rings. The Morgan fingerprint density at radius 1 is 1.50 bits per heavy atom. The van der Waals surface area contributed by atoms with Crippen LogP contribution in [0.25, 0.3) is 0 Å². The summed E-state index contributed by atoms with van der Waals surface area (Å²) in [4.78, 5) is 26.3. The molecule has 0 spiro atoms. The van der Waals surface area contributed by atoms with Crippen molar-refractivity contribution in [2.45, 2.75) is 45.6 Å². The number of rotatable bonds is 4. The van der Waals surface area contributed by atoms with E-state index in [-0.39, 0.29) is 17.7 Å². The molecule has 0 radical (unpaired) electrons. The Balaban J connectivity index is 2.95. The van der Waals surface area contributed by atoms with Crippen LogP contribution in [0, 0.1) is 0 Å². The minimum atomic E-state index is -0.959. The summed E-state index contributed by atoms with van der Waals surface area (Å²) in [7, 11) is 0. The van der Waals surface area contributed by atoms with Crippen LogP contribution < -0.4 is 5.32 Å². The Hall–Kier alpha value is -1.43. The number of carbonyl (C=O) groups is 2. The van der Waals surface area contributed by atoms with Crippen molar-refractivity contribution in [3.05, 3.63) is 16.1 Å². The number of aromatic nitrogens is 1. The molecular weight excluding hydrogens is 252 g/mol. The van der Waals surface area contributed by atoms with Crippen LogP contribution in [0.2, 0.25) is 0 Å². The van der Waals surface area contributed by atoms with Crippen molar-refractivity contribution in [2.24, 2.45) is 0 Å². The zero-order chi connectivity index (χ0) is 13.9. The van der Waals surface area contributed by atoms with Gasteiger partial charge in [0.25, 0.3) is 0 Å². The maximum absolute atomic E-state index is 11.1. The quantitative estimate of drug-likeness (QED) is 0.878. The molecule has 6 heteroatoms. The number of carboxylic acids is 1. The van der Waals surface area contributed by atoms with Crippen molar-refractivity contribution in [1.29, 1.82) is 0 Å². The number of nitrogens with zero attached hydrogens (tertiary/aromatic N) is 1. The van der Waals surface area contributed by atoms with Crippen LogP contribution in [0.1, 0.15) is 50.9 Å². The first-order valence-electron chi connectivity index (χ1n) is 5.65. The van der Waals surface area contributed by atoms with Crippen molar-refractivity contribution in [1.82, 2.24) is 10.3 Å². The molecule has 18 heavy (non-hydrogen) atoms. The molecule has 0 aliphatic carbocycles. The minimum absolute atomic E-state index is 0.0765. The Morgan fingerprint density at radius 2 is 2.11 bits per heavy atom. The van der Waals surface area contributed by atoms with Gasteiger partial charge in [0, 0.05) is 17.7 Å². The summed E-state index contributed by atoms with van der Waals surface area (Å²) < 4.78 is 0. The SMILES string of the molecule is CC(=O)N[C@H](CC(=O)O)c1csc(C(C)(C)C)n1. The van der Waals surface area contributed by atoms with E-state index in [1.54, 1.807) is 0 Å². The molecule has 1 amide bonds. The first-order valence-corrected chi connectivity index (χ1v) is 6.53. The average Bonchev–Trinajstić information content (AvgIpc) is 2.62. The lowest BCUT2D eigenvalue weighted by Crippen LogP contribution is -2.28. The number of amides is 1. The smallest absolute Gasteiger partial charge is 0.305 e. The van der Waals surface area contributed by atoms with Gasteiger partial charge in [-0.25, -0.2) is 4.98 Å². The number of carboxylic acid groups (broad SMARTS) is 1. The highest BCUT2D eigenvalue weighted by atomic mass is 32.1. The van der Waals surface area contributed by atoms with Gasteiger partial charge in [-0.2, -0.15) is 0 Å². The van der Waals surface area contributed by atoms with Crippen molar-refractivity contribution < 1.29 is 14.7 Å². The van der Waals surface area contributed by atoms with Crippen LogP contribution in [0.4, 0.5) is 0 Å². The highest BCUT2D eigenvalue weighted by Crippen LogP contribution is 2.28. The van der Waals surface area contributed by atoms with Crippen molar-refractivity contribution in [3.63, 3.8) is 0 Å². The lowest BCUT2D eigenvalue weighted by atomic mass is 9.98. The van der Waals surface area contributed by atoms with Gasteiger partial charge in [-0.15, -0.1) is 11.3 Å². The van der Waals surface area contributed by atoms with Gasteiger partial charge in [0.05, 0.1) is 23.2 Å². The van der Waals surface area contributed by atoms with Gasteiger partial charge in [0.15, 0.2) is 0 Å². The number of carbonyl (C=O) groups excluding carboxylic acids is 1. The van der Waals surface area contributed by atoms with Crippen molar-refractivity contribution >= 4 is 23.2 Å². The summed E-state index contributed by atoms with van der Waals surface area (Å²) in [6.45, 7) is 7.49. The van der Waals surface area contributed by atoms with E-state index in [1.807, 2.05) is 26.2 Å². The van der Waals surface area contributed by atoms with Crippen LogP contribution in [0.3, 0.4) is 0 Å². The molecule has 1 rings (SSSR count). The van der Waals surface area contributed by atoms with E-state index >= 15 is 0 Å². The summed E-state index contributed by atoms with van der Waals surface area (Å²) in [5.74, 6) is -1.22. The molecule has 5 nitrogen and oxygen atoms in total.